The third-order valence-corrected chi connectivity index (χ3v) is 0.935. The second kappa shape index (κ2) is 4.92. The normalized spacial score (nSPS) is 8.80. The second-order valence-electron chi connectivity index (χ2n) is 0.465. The molecule has 0 amide bonds. The first-order chi connectivity index (χ1) is 2.41. The van der Waals surface area contributed by atoms with Gasteiger partial charge in [-0.25, -0.2) is 0 Å². The number of rotatable bonds is 1. The molecule has 1 radical (unpaired) electrons. The van der Waals surface area contributed by atoms with Crippen LogP contribution in [0.15, 0.2) is 10.2 Å². The summed E-state index contributed by atoms with van der Waals surface area (Å²) < 4.78 is 1.98. The van der Waals surface area contributed by atoms with Gasteiger partial charge < -0.3 is 0 Å². The van der Waals surface area contributed by atoms with E-state index >= 15 is 0 Å². The molecule has 0 N–H and O–H groups in total. The van der Waals surface area contributed by atoms with E-state index in [-0.39, 0.29) is 0 Å². The SMILES string of the molecule is [Se]=C/C=C/[Te]. The second-order valence-corrected chi connectivity index (χ2v) is 1.81. The van der Waals surface area contributed by atoms with Crippen LogP contribution in [0.3, 0.4) is 0 Å². The van der Waals surface area contributed by atoms with Crippen molar-refractivity contribution in [3.63, 3.8) is 0 Å². The van der Waals surface area contributed by atoms with Gasteiger partial charge in [-0.2, -0.15) is 0 Å². The molecule has 0 aromatic carbocycles. The molecule has 0 aromatic heterocycles. The molecule has 0 fully saturated rings. The van der Waals surface area contributed by atoms with Crippen molar-refractivity contribution in [2.45, 2.75) is 0 Å². The van der Waals surface area contributed by atoms with Crippen LogP contribution in [0.1, 0.15) is 0 Å². The van der Waals surface area contributed by atoms with Gasteiger partial charge in [0.15, 0.2) is 0 Å². The summed E-state index contributed by atoms with van der Waals surface area (Å²) in [6, 6.07) is 0. The Morgan fingerprint density at radius 3 is 2.20 bits per heavy atom. The van der Waals surface area contributed by atoms with Crippen LogP contribution in [0.5, 0.6) is 0 Å². The van der Waals surface area contributed by atoms with E-state index in [1.807, 2.05) is 37.4 Å². The Bertz CT molecular complexity index is 48.9. The van der Waals surface area contributed by atoms with E-state index in [1.165, 1.54) is 0 Å². The molecule has 0 saturated carbocycles. The van der Waals surface area contributed by atoms with Crippen molar-refractivity contribution in [2.24, 2.45) is 0 Å². The van der Waals surface area contributed by atoms with Gasteiger partial charge in [0.25, 0.3) is 0 Å². The van der Waals surface area contributed by atoms with Crippen LogP contribution in [-0.4, -0.2) is 42.8 Å². The van der Waals surface area contributed by atoms with Crippen LogP contribution in [-0.2, 0) is 0 Å². The van der Waals surface area contributed by atoms with E-state index in [4.69, 9.17) is 0 Å². The van der Waals surface area contributed by atoms with Crippen LogP contribution in [0.25, 0.3) is 0 Å². The zero-order chi connectivity index (χ0) is 4.12. The molecule has 5 heavy (non-hydrogen) atoms. The molecule has 0 rings (SSSR count). The molecule has 0 aliphatic heterocycles. The van der Waals surface area contributed by atoms with Crippen LogP contribution >= 0.6 is 0 Å². The average Bonchev–Trinajstić information content (AvgIpc) is 1.41. The molecule has 0 saturated heterocycles. The van der Waals surface area contributed by atoms with Crippen LogP contribution in [0, 0.1) is 0 Å². The Labute approximate surface area is 52.9 Å². The molecule has 0 spiro atoms. The van der Waals surface area contributed by atoms with Gasteiger partial charge in [0, 0.05) is 0 Å². The van der Waals surface area contributed by atoms with Crippen molar-refractivity contribution in [3.05, 3.63) is 10.2 Å². The molecule has 0 nitrogen and oxygen atoms in total. The Kier molecular flexibility index (Phi) is 5.82. The maximum atomic E-state index is 2.73. The molecule has 0 aliphatic carbocycles. The molecular weight excluding hydrogens is 243 g/mol. The van der Waals surface area contributed by atoms with Crippen molar-refractivity contribution < 1.29 is 0 Å². The predicted octanol–water partition coefficient (Wildman–Crippen LogP) is -0.361. The first kappa shape index (κ1) is 5.92. The molecular formula is C3H3SeTe. The standard InChI is InChI=1S/C3H3SeTe/c4-2-1-3-5/h1-3H/b3-1+. The number of hydrogen-bond donors (Lipinski definition) is 0. The average molecular weight is 246 g/mol. The van der Waals surface area contributed by atoms with E-state index in [1.54, 1.807) is 0 Å². The fourth-order valence-electron chi connectivity index (χ4n) is 0.0321. The van der Waals surface area contributed by atoms with Crippen molar-refractivity contribution in [1.82, 2.24) is 0 Å². The van der Waals surface area contributed by atoms with Crippen LogP contribution in [0.2, 0.25) is 0 Å². The molecule has 0 unspecified atom stereocenters. The zero-order valence-electron chi connectivity index (χ0n) is 2.55. The first-order valence-corrected chi connectivity index (χ1v) is 3.47. The van der Waals surface area contributed by atoms with Gasteiger partial charge in [-0.05, 0) is 0 Å². The topological polar surface area (TPSA) is 0 Å². The van der Waals surface area contributed by atoms with Crippen molar-refractivity contribution >= 4 is 42.8 Å². The van der Waals surface area contributed by atoms with Gasteiger partial charge in [0.1, 0.15) is 0 Å². The number of hydrogen-bond acceptors (Lipinski definition) is 0. The Hall–Kier alpha value is 0.919. The summed E-state index contributed by atoms with van der Waals surface area (Å²) in [5.41, 5.74) is 0. The Morgan fingerprint density at radius 2 is 2.20 bits per heavy atom. The monoisotopic (exact) mass is 249 g/mol. The van der Waals surface area contributed by atoms with Gasteiger partial charge in [-0.3, -0.25) is 0 Å². The fraction of sp³-hybridized carbons (Fsp3) is 0. The van der Waals surface area contributed by atoms with E-state index in [0.29, 0.717) is 0 Å². The minimum atomic E-state index is 1.88. The fourth-order valence-corrected chi connectivity index (χ4v) is 1.12. The van der Waals surface area contributed by atoms with E-state index in [0.717, 1.165) is 0 Å². The summed E-state index contributed by atoms with van der Waals surface area (Å²) in [4.78, 5) is 1.88. The minimum absolute atomic E-state index is 1.88. The van der Waals surface area contributed by atoms with Gasteiger partial charge >= 0.3 is 53.0 Å². The predicted molar refractivity (Wildman–Crippen MR) is 26.7 cm³/mol. The number of allylic oxidation sites excluding steroid dienone is 1. The van der Waals surface area contributed by atoms with Gasteiger partial charge in [-0.15, -0.1) is 0 Å². The van der Waals surface area contributed by atoms with Gasteiger partial charge in [0.2, 0.25) is 0 Å². The van der Waals surface area contributed by atoms with Crippen LogP contribution < -0.4 is 0 Å². The third kappa shape index (κ3) is 4.92. The summed E-state index contributed by atoms with van der Waals surface area (Å²) in [7, 11) is 0. The van der Waals surface area contributed by atoms with Gasteiger partial charge in [-0.1, -0.05) is 0 Å². The molecule has 0 atom stereocenters. The van der Waals surface area contributed by atoms with E-state index in [2.05, 4.69) is 15.6 Å². The Morgan fingerprint density at radius 1 is 1.60 bits per heavy atom. The molecule has 0 bridgehead atoms. The summed E-state index contributed by atoms with van der Waals surface area (Å²) >= 11 is 4.65. The van der Waals surface area contributed by atoms with Crippen LogP contribution in [0.4, 0.5) is 0 Å². The zero-order valence-corrected chi connectivity index (χ0v) is 6.59. The molecule has 0 aromatic rings. The quantitative estimate of drug-likeness (QED) is 0.554. The van der Waals surface area contributed by atoms with Crippen molar-refractivity contribution in [1.29, 1.82) is 0 Å². The molecule has 0 aliphatic rings. The maximum absolute atomic E-state index is 2.73. The van der Waals surface area contributed by atoms with E-state index < -0.39 is 0 Å². The Balaban J connectivity index is 2.92. The third-order valence-electron chi connectivity index (χ3n) is 0.157. The van der Waals surface area contributed by atoms with Crippen molar-refractivity contribution in [3.8, 4) is 0 Å². The molecule has 2 heteroatoms. The summed E-state index contributed by atoms with van der Waals surface area (Å²) in [5, 5.41) is 0. The summed E-state index contributed by atoms with van der Waals surface area (Å²) in [6.45, 7) is 0. The summed E-state index contributed by atoms with van der Waals surface area (Å²) in [5.74, 6) is 0. The first-order valence-electron chi connectivity index (χ1n) is 1.14. The molecule has 0 heterocycles. The summed E-state index contributed by atoms with van der Waals surface area (Å²) in [6.07, 6.45) is 1.95. The van der Waals surface area contributed by atoms with E-state index in [9.17, 15) is 0 Å². The molecule has 27 valence electrons. The van der Waals surface area contributed by atoms with Crippen molar-refractivity contribution in [2.75, 3.05) is 0 Å². The van der Waals surface area contributed by atoms with Gasteiger partial charge in [0.05, 0.1) is 0 Å².